The minimum atomic E-state index is -0.0313. The molecule has 3 nitrogen and oxygen atoms in total. The summed E-state index contributed by atoms with van der Waals surface area (Å²) >= 11 is 0. The lowest BCUT2D eigenvalue weighted by atomic mass is 10.00. The number of para-hydroxylation sites is 2. The molecule has 0 bridgehead atoms. The highest BCUT2D eigenvalue weighted by Gasteiger charge is 2.22. The molecule has 0 aromatic heterocycles. The monoisotopic (exact) mass is 324 g/mol. The van der Waals surface area contributed by atoms with Gasteiger partial charge in [-0.1, -0.05) is 64.1 Å². The van der Waals surface area contributed by atoms with E-state index in [0.717, 1.165) is 11.4 Å². The highest BCUT2D eigenvalue weighted by atomic mass is 16.2. The predicted octanol–water partition coefficient (Wildman–Crippen LogP) is 5.63. The van der Waals surface area contributed by atoms with Crippen molar-refractivity contribution in [2.75, 3.05) is 23.9 Å². The number of carbonyl (C=O) groups is 1. The molecule has 2 rings (SSSR count). The first-order valence-corrected chi connectivity index (χ1v) is 8.53. The molecular formula is C21H28N2O. The summed E-state index contributed by atoms with van der Waals surface area (Å²) in [6, 6.07) is 16.2. The van der Waals surface area contributed by atoms with Gasteiger partial charge in [-0.2, -0.15) is 0 Å². The Morgan fingerprint density at radius 3 is 1.38 bits per heavy atom. The zero-order valence-corrected chi connectivity index (χ0v) is 15.6. The van der Waals surface area contributed by atoms with Crippen LogP contribution in [0.3, 0.4) is 0 Å². The van der Waals surface area contributed by atoms with E-state index in [9.17, 15) is 4.79 Å². The Bertz CT molecular complexity index is 647. The Morgan fingerprint density at radius 1 is 0.708 bits per heavy atom. The molecule has 2 aromatic rings. The maximum absolute atomic E-state index is 13.0. The maximum Gasteiger partial charge on any atom is 0.328 e. The van der Waals surface area contributed by atoms with E-state index in [1.807, 2.05) is 50.5 Å². The fraction of sp³-hybridized carbons (Fsp3) is 0.381. The minimum Gasteiger partial charge on any atom is -0.297 e. The molecule has 0 spiro atoms. The third-order valence-electron chi connectivity index (χ3n) is 4.41. The van der Waals surface area contributed by atoms with Gasteiger partial charge in [0.05, 0.1) is 0 Å². The standard InChI is InChI=1S/C21H28N2O/c1-15(2)17-11-7-9-13-19(17)22(5)21(24)23(6)20-14-10-8-12-18(20)16(3)4/h7-16H,1-6H3. The summed E-state index contributed by atoms with van der Waals surface area (Å²) in [6.45, 7) is 8.59. The number of amides is 2. The van der Waals surface area contributed by atoms with E-state index in [0.29, 0.717) is 11.8 Å². The summed E-state index contributed by atoms with van der Waals surface area (Å²) in [5.74, 6) is 0.731. The molecule has 0 saturated carbocycles. The third kappa shape index (κ3) is 3.61. The molecule has 0 radical (unpaired) electrons. The SMILES string of the molecule is CC(C)c1ccccc1N(C)C(=O)N(C)c1ccccc1C(C)C. The number of anilines is 2. The molecular weight excluding hydrogens is 296 g/mol. The van der Waals surface area contributed by atoms with E-state index in [2.05, 4.69) is 39.8 Å². The predicted molar refractivity (Wildman–Crippen MR) is 103 cm³/mol. The minimum absolute atomic E-state index is 0.0313. The Morgan fingerprint density at radius 2 is 1.04 bits per heavy atom. The number of benzene rings is 2. The smallest absolute Gasteiger partial charge is 0.297 e. The number of hydrogen-bond acceptors (Lipinski definition) is 1. The first kappa shape index (κ1) is 18.1. The van der Waals surface area contributed by atoms with Gasteiger partial charge in [0.2, 0.25) is 0 Å². The Balaban J connectivity index is 2.35. The first-order valence-electron chi connectivity index (χ1n) is 8.53. The van der Waals surface area contributed by atoms with Crippen molar-refractivity contribution >= 4 is 17.4 Å². The quantitative estimate of drug-likeness (QED) is 0.715. The molecule has 2 amide bonds. The third-order valence-corrected chi connectivity index (χ3v) is 4.41. The Hall–Kier alpha value is -2.29. The second-order valence-corrected chi connectivity index (χ2v) is 6.83. The van der Waals surface area contributed by atoms with Crippen molar-refractivity contribution in [2.45, 2.75) is 39.5 Å². The number of nitrogens with zero attached hydrogens (tertiary/aromatic N) is 2. The van der Waals surface area contributed by atoms with Gasteiger partial charge in [0.25, 0.3) is 0 Å². The summed E-state index contributed by atoms with van der Waals surface area (Å²) in [7, 11) is 3.69. The van der Waals surface area contributed by atoms with Crippen LogP contribution < -0.4 is 9.80 Å². The molecule has 0 N–H and O–H groups in total. The molecule has 0 unspecified atom stereocenters. The van der Waals surface area contributed by atoms with Crippen LogP contribution in [0.4, 0.5) is 16.2 Å². The van der Waals surface area contributed by atoms with Gasteiger partial charge in [0.1, 0.15) is 0 Å². The van der Waals surface area contributed by atoms with Crippen LogP contribution in [0.5, 0.6) is 0 Å². The zero-order valence-electron chi connectivity index (χ0n) is 15.6. The van der Waals surface area contributed by atoms with Crippen LogP contribution in [-0.4, -0.2) is 20.1 Å². The van der Waals surface area contributed by atoms with Crippen molar-refractivity contribution in [2.24, 2.45) is 0 Å². The average Bonchev–Trinajstić information content (AvgIpc) is 2.59. The summed E-state index contributed by atoms with van der Waals surface area (Å²) in [6.07, 6.45) is 0. The summed E-state index contributed by atoms with van der Waals surface area (Å²) < 4.78 is 0. The van der Waals surface area contributed by atoms with Crippen LogP contribution in [-0.2, 0) is 0 Å². The van der Waals surface area contributed by atoms with E-state index >= 15 is 0 Å². The number of hydrogen-bond donors (Lipinski definition) is 0. The van der Waals surface area contributed by atoms with Crippen molar-refractivity contribution in [3.63, 3.8) is 0 Å². The highest BCUT2D eigenvalue weighted by molar-refractivity contribution is 6.03. The van der Waals surface area contributed by atoms with E-state index in [1.165, 1.54) is 11.1 Å². The van der Waals surface area contributed by atoms with Gasteiger partial charge in [-0.25, -0.2) is 4.79 Å². The van der Waals surface area contributed by atoms with Crippen molar-refractivity contribution in [1.82, 2.24) is 0 Å². The first-order chi connectivity index (χ1) is 11.3. The van der Waals surface area contributed by atoms with Crippen LogP contribution in [0.15, 0.2) is 48.5 Å². The molecule has 0 aliphatic carbocycles. The average molecular weight is 324 g/mol. The van der Waals surface area contributed by atoms with Crippen molar-refractivity contribution in [3.8, 4) is 0 Å². The number of rotatable bonds is 4. The molecule has 24 heavy (non-hydrogen) atoms. The van der Waals surface area contributed by atoms with E-state index < -0.39 is 0 Å². The second-order valence-electron chi connectivity index (χ2n) is 6.83. The van der Waals surface area contributed by atoms with E-state index in [-0.39, 0.29) is 6.03 Å². The normalized spacial score (nSPS) is 11.0. The van der Waals surface area contributed by atoms with Gasteiger partial charge in [-0.05, 0) is 35.1 Å². The van der Waals surface area contributed by atoms with Gasteiger partial charge in [-0.15, -0.1) is 0 Å². The van der Waals surface area contributed by atoms with Crippen LogP contribution >= 0.6 is 0 Å². The van der Waals surface area contributed by atoms with Crippen molar-refractivity contribution < 1.29 is 4.79 Å². The number of urea groups is 1. The van der Waals surface area contributed by atoms with Crippen LogP contribution in [0, 0.1) is 0 Å². The molecule has 0 atom stereocenters. The number of carbonyl (C=O) groups excluding carboxylic acids is 1. The lowest BCUT2D eigenvalue weighted by molar-refractivity contribution is 0.253. The van der Waals surface area contributed by atoms with Gasteiger partial charge < -0.3 is 0 Å². The van der Waals surface area contributed by atoms with Gasteiger partial charge in [0.15, 0.2) is 0 Å². The van der Waals surface area contributed by atoms with Gasteiger partial charge in [0, 0.05) is 25.5 Å². The van der Waals surface area contributed by atoms with Crippen molar-refractivity contribution in [3.05, 3.63) is 59.7 Å². The molecule has 0 saturated heterocycles. The summed E-state index contributed by atoms with van der Waals surface area (Å²) in [5, 5.41) is 0. The largest absolute Gasteiger partial charge is 0.328 e. The molecule has 2 aromatic carbocycles. The highest BCUT2D eigenvalue weighted by Crippen LogP contribution is 2.30. The van der Waals surface area contributed by atoms with E-state index in [1.54, 1.807) is 9.80 Å². The van der Waals surface area contributed by atoms with Gasteiger partial charge in [-0.3, -0.25) is 9.80 Å². The molecule has 0 fully saturated rings. The topological polar surface area (TPSA) is 23.6 Å². The van der Waals surface area contributed by atoms with Crippen molar-refractivity contribution in [1.29, 1.82) is 0 Å². The molecule has 0 heterocycles. The lowest BCUT2D eigenvalue weighted by Gasteiger charge is -2.29. The molecule has 3 heteroatoms. The fourth-order valence-electron chi connectivity index (χ4n) is 2.99. The molecule has 0 aliphatic rings. The summed E-state index contributed by atoms with van der Waals surface area (Å²) in [5.41, 5.74) is 4.29. The lowest BCUT2D eigenvalue weighted by Crippen LogP contribution is -2.39. The fourth-order valence-corrected chi connectivity index (χ4v) is 2.99. The Labute approximate surface area is 145 Å². The zero-order chi connectivity index (χ0) is 17.9. The van der Waals surface area contributed by atoms with Crippen LogP contribution in [0.2, 0.25) is 0 Å². The Kier molecular flexibility index (Phi) is 5.66. The van der Waals surface area contributed by atoms with E-state index in [4.69, 9.17) is 0 Å². The van der Waals surface area contributed by atoms with Crippen LogP contribution in [0.1, 0.15) is 50.7 Å². The summed E-state index contributed by atoms with van der Waals surface area (Å²) in [4.78, 5) is 16.5. The molecule has 128 valence electrons. The molecule has 0 aliphatic heterocycles. The van der Waals surface area contributed by atoms with Crippen LogP contribution in [0.25, 0.3) is 0 Å². The van der Waals surface area contributed by atoms with Gasteiger partial charge >= 0.3 is 6.03 Å². The second kappa shape index (κ2) is 7.52. The maximum atomic E-state index is 13.0.